The fourth-order valence-electron chi connectivity index (χ4n) is 3.19. The zero-order valence-electron chi connectivity index (χ0n) is 14.6. The molecule has 26 heavy (non-hydrogen) atoms. The number of piperidine rings is 1. The van der Waals surface area contributed by atoms with E-state index in [-0.39, 0.29) is 18.6 Å². The van der Waals surface area contributed by atoms with Gasteiger partial charge in [-0.1, -0.05) is 35.0 Å². The van der Waals surface area contributed by atoms with Crippen molar-refractivity contribution >= 4 is 17.5 Å². The molecule has 0 aliphatic carbocycles. The normalized spacial score (nSPS) is 18.0. The second-order valence-corrected chi connectivity index (χ2v) is 6.95. The number of halogens is 1. The lowest BCUT2D eigenvalue weighted by atomic mass is 10.0. The van der Waals surface area contributed by atoms with Gasteiger partial charge in [-0.2, -0.15) is 0 Å². The summed E-state index contributed by atoms with van der Waals surface area (Å²) in [6.07, 6.45) is 4.30. The topological polar surface area (TPSA) is 83.3 Å². The Bertz CT molecular complexity index is 736. The average Bonchev–Trinajstić information content (AvgIpc) is 3.14. The Morgan fingerprint density at radius 1 is 1.38 bits per heavy atom. The Labute approximate surface area is 157 Å². The monoisotopic (exact) mass is 377 g/mol. The molecule has 1 atom stereocenters. The molecular weight excluding hydrogens is 354 g/mol. The van der Waals surface area contributed by atoms with Gasteiger partial charge in [0.15, 0.2) is 5.69 Å². The summed E-state index contributed by atoms with van der Waals surface area (Å²) in [5, 5.41) is 20.4. The van der Waals surface area contributed by atoms with E-state index in [0.717, 1.165) is 43.1 Å². The summed E-state index contributed by atoms with van der Waals surface area (Å²) in [6.45, 7) is 3.15. The Hall–Kier alpha value is -1.96. The smallest absolute Gasteiger partial charge is 0.273 e. The highest BCUT2D eigenvalue weighted by Gasteiger charge is 2.23. The van der Waals surface area contributed by atoms with Crippen LogP contribution in [0.3, 0.4) is 0 Å². The third-order valence-corrected chi connectivity index (χ3v) is 4.94. The van der Waals surface area contributed by atoms with Crippen LogP contribution in [0, 0.1) is 0 Å². The van der Waals surface area contributed by atoms with Crippen molar-refractivity contribution in [1.29, 1.82) is 0 Å². The molecule has 1 aromatic heterocycles. The van der Waals surface area contributed by atoms with E-state index in [1.54, 1.807) is 10.9 Å². The number of nitrogens with zero attached hydrogens (tertiary/aromatic N) is 4. The summed E-state index contributed by atoms with van der Waals surface area (Å²) in [4.78, 5) is 14.4. The molecule has 1 amide bonds. The first-order valence-corrected chi connectivity index (χ1v) is 9.32. The van der Waals surface area contributed by atoms with Crippen LogP contribution in [0.5, 0.6) is 0 Å². The molecule has 0 radical (unpaired) electrons. The van der Waals surface area contributed by atoms with E-state index in [2.05, 4.69) is 26.6 Å². The van der Waals surface area contributed by atoms with Gasteiger partial charge in [-0.25, -0.2) is 4.68 Å². The van der Waals surface area contributed by atoms with E-state index in [0.29, 0.717) is 18.7 Å². The number of aliphatic hydroxyl groups is 1. The molecule has 0 bridgehead atoms. The zero-order chi connectivity index (χ0) is 18.4. The number of carbonyl (C=O) groups excluding carboxylic acids is 1. The van der Waals surface area contributed by atoms with Gasteiger partial charge in [0, 0.05) is 31.3 Å². The van der Waals surface area contributed by atoms with Gasteiger partial charge in [-0.3, -0.25) is 9.69 Å². The Kier molecular flexibility index (Phi) is 6.60. The summed E-state index contributed by atoms with van der Waals surface area (Å²) < 4.78 is 1.79. The maximum atomic E-state index is 12.0. The highest BCUT2D eigenvalue weighted by Crippen LogP contribution is 2.24. The van der Waals surface area contributed by atoms with Crippen molar-refractivity contribution in [2.45, 2.75) is 31.8 Å². The van der Waals surface area contributed by atoms with Crippen molar-refractivity contribution in [1.82, 2.24) is 25.2 Å². The Morgan fingerprint density at radius 2 is 2.23 bits per heavy atom. The number of likely N-dealkylation sites (tertiary alicyclic amines) is 1. The number of carbonyl (C=O) groups is 1. The van der Waals surface area contributed by atoms with Gasteiger partial charge in [0.2, 0.25) is 0 Å². The average molecular weight is 378 g/mol. The van der Waals surface area contributed by atoms with Crippen molar-refractivity contribution in [3.63, 3.8) is 0 Å². The predicted octanol–water partition coefficient (Wildman–Crippen LogP) is 1.88. The predicted molar refractivity (Wildman–Crippen MR) is 99.1 cm³/mol. The van der Waals surface area contributed by atoms with Crippen molar-refractivity contribution in [2.75, 3.05) is 26.2 Å². The van der Waals surface area contributed by atoms with Gasteiger partial charge in [0.1, 0.15) is 0 Å². The van der Waals surface area contributed by atoms with Gasteiger partial charge < -0.3 is 10.4 Å². The van der Waals surface area contributed by atoms with E-state index in [1.807, 2.05) is 18.2 Å². The molecule has 2 N–H and O–H groups in total. The molecule has 1 unspecified atom stereocenters. The van der Waals surface area contributed by atoms with Gasteiger partial charge in [-0.15, -0.1) is 5.10 Å². The molecule has 3 rings (SSSR count). The van der Waals surface area contributed by atoms with Crippen molar-refractivity contribution in [2.24, 2.45) is 0 Å². The summed E-state index contributed by atoms with van der Waals surface area (Å²) in [5.74, 6) is -0.256. The standard InChI is InChI=1S/C18H24ClN5O2/c19-16-7-2-1-5-14(16)11-23-9-3-6-15(12-23)24-13-17(21-22-24)18(26)20-8-4-10-25/h1-2,5,7,13,15,25H,3-4,6,8-12H2,(H,20,26). The largest absolute Gasteiger partial charge is 0.396 e. The minimum atomic E-state index is -0.256. The van der Waals surface area contributed by atoms with Crippen LogP contribution in [0.4, 0.5) is 0 Å². The summed E-state index contributed by atoms with van der Waals surface area (Å²) >= 11 is 6.27. The molecule has 1 saturated heterocycles. The lowest BCUT2D eigenvalue weighted by molar-refractivity contribution is 0.0946. The second-order valence-electron chi connectivity index (χ2n) is 6.54. The highest BCUT2D eigenvalue weighted by atomic mass is 35.5. The third kappa shape index (κ3) is 4.81. The number of nitrogens with one attached hydrogen (secondary N) is 1. The van der Waals surface area contributed by atoms with Crippen LogP contribution in [0.15, 0.2) is 30.5 Å². The molecular formula is C18H24ClN5O2. The first-order chi connectivity index (χ1) is 12.7. The summed E-state index contributed by atoms with van der Waals surface area (Å²) in [7, 11) is 0. The van der Waals surface area contributed by atoms with Crippen molar-refractivity contribution in [3.05, 3.63) is 46.7 Å². The molecule has 7 nitrogen and oxygen atoms in total. The fourth-order valence-corrected chi connectivity index (χ4v) is 3.38. The number of benzene rings is 1. The quantitative estimate of drug-likeness (QED) is 0.720. The van der Waals surface area contributed by atoms with Crippen LogP contribution in [0.2, 0.25) is 5.02 Å². The molecule has 2 heterocycles. The number of hydrogen-bond acceptors (Lipinski definition) is 5. The first kappa shape index (κ1) is 18.8. The van der Waals surface area contributed by atoms with Crippen LogP contribution in [0.1, 0.15) is 41.4 Å². The van der Waals surface area contributed by atoms with E-state index in [9.17, 15) is 4.79 Å². The molecule has 0 spiro atoms. The van der Waals surface area contributed by atoms with E-state index in [1.165, 1.54) is 0 Å². The maximum absolute atomic E-state index is 12.0. The van der Waals surface area contributed by atoms with Crippen molar-refractivity contribution < 1.29 is 9.90 Å². The molecule has 1 fully saturated rings. The number of aromatic nitrogens is 3. The molecule has 2 aromatic rings. The third-order valence-electron chi connectivity index (χ3n) is 4.57. The van der Waals surface area contributed by atoms with Crippen LogP contribution in [-0.4, -0.2) is 57.1 Å². The lowest BCUT2D eigenvalue weighted by Crippen LogP contribution is -2.36. The zero-order valence-corrected chi connectivity index (χ0v) is 15.4. The lowest BCUT2D eigenvalue weighted by Gasteiger charge is -2.32. The summed E-state index contributed by atoms with van der Waals surface area (Å²) in [5.41, 5.74) is 1.43. The molecule has 1 aromatic carbocycles. The SMILES string of the molecule is O=C(NCCCO)c1cn(C2CCCN(Cc3ccccc3Cl)C2)nn1. The van der Waals surface area contributed by atoms with Gasteiger partial charge in [0.25, 0.3) is 5.91 Å². The number of rotatable bonds is 7. The number of amides is 1. The van der Waals surface area contributed by atoms with Crippen LogP contribution < -0.4 is 5.32 Å². The highest BCUT2D eigenvalue weighted by molar-refractivity contribution is 6.31. The van der Waals surface area contributed by atoms with E-state index >= 15 is 0 Å². The maximum Gasteiger partial charge on any atom is 0.273 e. The number of hydrogen-bond donors (Lipinski definition) is 2. The van der Waals surface area contributed by atoms with Crippen LogP contribution in [-0.2, 0) is 6.54 Å². The minimum Gasteiger partial charge on any atom is -0.396 e. The van der Waals surface area contributed by atoms with E-state index in [4.69, 9.17) is 16.7 Å². The minimum absolute atomic E-state index is 0.0519. The van der Waals surface area contributed by atoms with E-state index < -0.39 is 0 Å². The van der Waals surface area contributed by atoms with Crippen LogP contribution >= 0.6 is 11.6 Å². The van der Waals surface area contributed by atoms with Gasteiger partial charge >= 0.3 is 0 Å². The molecule has 8 heteroatoms. The molecule has 140 valence electrons. The Morgan fingerprint density at radius 3 is 3.04 bits per heavy atom. The fraction of sp³-hybridized carbons (Fsp3) is 0.500. The van der Waals surface area contributed by atoms with Gasteiger partial charge in [0.05, 0.1) is 12.2 Å². The molecule has 1 aliphatic rings. The number of aliphatic hydroxyl groups excluding tert-OH is 1. The summed E-state index contributed by atoms with van der Waals surface area (Å²) in [6, 6.07) is 8.10. The molecule has 0 saturated carbocycles. The first-order valence-electron chi connectivity index (χ1n) is 8.94. The van der Waals surface area contributed by atoms with Crippen LogP contribution in [0.25, 0.3) is 0 Å². The Balaban J connectivity index is 1.59. The second kappa shape index (κ2) is 9.12. The van der Waals surface area contributed by atoms with Crippen molar-refractivity contribution in [3.8, 4) is 0 Å². The molecule has 1 aliphatic heterocycles. The van der Waals surface area contributed by atoms with Gasteiger partial charge in [-0.05, 0) is 37.4 Å².